The van der Waals surface area contributed by atoms with Crippen LogP contribution in [0.1, 0.15) is 32.6 Å². The lowest BCUT2D eigenvalue weighted by atomic mass is 10.2. The number of halogens is 1. The lowest BCUT2D eigenvalue weighted by Crippen LogP contribution is -2.52. The number of hydrogen-bond donors (Lipinski definition) is 0. The van der Waals surface area contributed by atoms with Crippen LogP contribution in [0.4, 0.5) is 0 Å². The van der Waals surface area contributed by atoms with Crippen molar-refractivity contribution in [2.75, 3.05) is 37.8 Å². The predicted octanol–water partition coefficient (Wildman–Crippen LogP) is 1.75. The summed E-state index contributed by atoms with van der Waals surface area (Å²) in [5, 5.41) is 0. The monoisotopic (exact) mass is 308 g/mol. The van der Waals surface area contributed by atoms with Crippen molar-refractivity contribution in [2.24, 2.45) is 5.92 Å². The Morgan fingerprint density at radius 2 is 1.74 bits per heavy atom. The molecule has 19 heavy (non-hydrogen) atoms. The summed E-state index contributed by atoms with van der Waals surface area (Å²) in [7, 11) is -3.12. The molecule has 0 bridgehead atoms. The Labute approximate surface area is 122 Å². The van der Waals surface area contributed by atoms with Gasteiger partial charge >= 0.3 is 0 Å². The molecule has 2 fully saturated rings. The summed E-state index contributed by atoms with van der Waals surface area (Å²) in [6.07, 6.45) is 5.24. The second-order valence-electron chi connectivity index (χ2n) is 5.91. The normalized spacial score (nSPS) is 25.8. The summed E-state index contributed by atoms with van der Waals surface area (Å²) < 4.78 is 26.1. The van der Waals surface area contributed by atoms with E-state index in [9.17, 15) is 8.42 Å². The van der Waals surface area contributed by atoms with Crippen molar-refractivity contribution in [2.45, 2.75) is 38.6 Å². The molecule has 2 rings (SSSR count). The number of piperazine rings is 1. The molecular formula is C13H25ClN2O2S. The van der Waals surface area contributed by atoms with Gasteiger partial charge in [-0.1, -0.05) is 19.8 Å². The van der Waals surface area contributed by atoms with Gasteiger partial charge in [-0.05, 0) is 18.8 Å². The van der Waals surface area contributed by atoms with E-state index in [2.05, 4.69) is 4.90 Å². The van der Waals surface area contributed by atoms with Crippen LogP contribution >= 0.6 is 11.6 Å². The van der Waals surface area contributed by atoms with Crippen LogP contribution in [0.2, 0.25) is 0 Å². The molecule has 0 N–H and O–H groups in total. The Morgan fingerprint density at radius 3 is 2.26 bits per heavy atom. The van der Waals surface area contributed by atoms with Crippen molar-refractivity contribution in [1.82, 2.24) is 9.21 Å². The molecule has 4 nitrogen and oxygen atoms in total. The zero-order chi connectivity index (χ0) is 13.9. The first-order valence-electron chi connectivity index (χ1n) is 7.31. The highest BCUT2D eigenvalue weighted by molar-refractivity contribution is 7.89. The quantitative estimate of drug-likeness (QED) is 0.727. The Morgan fingerprint density at radius 1 is 1.16 bits per heavy atom. The smallest absolute Gasteiger partial charge is 0.214 e. The highest BCUT2D eigenvalue weighted by atomic mass is 35.5. The maximum Gasteiger partial charge on any atom is 0.214 e. The molecule has 0 aromatic rings. The van der Waals surface area contributed by atoms with E-state index in [0.29, 0.717) is 25.0 Å². The Hall–Kier alpha value is 0.160. The lowest BCUT2D eigenvalue weighted by molar-refractivity contribution is 0.138. The predicted molar refractivity (Wildman–Crippen MR) is 79.1 cm³/mol. The molecule has 1 unspecified atom stereocenters. The second-order valence-corrected chi connectivity index (χ2v) is 8.23. The van der Waals surface area contributed by atoms with Gasteiger partial charge in [0, 0.05) is 38.1 Å². The number of rotatable bonds is 5. The molecule has 1 heterocycles. The molecule has 6 heteroatoms. The van der Waals surface area contributed by atoms with Crippen molar-refractivity contribution >= 4 is 21.6 Å². The van der Waals surface area contributed by atoms with Crippen LogP contribution in [-0.4, -0.2) is 61.5 Å². The van der Waals surface area contributed by atoms with Gasteiger partial charge in [-0.3, -0.25) is 4.90 Å². The minimum Gasteiger partial charge on any atom is -0.298 e. The van der Waals surface area contributed by atoms with Gasteiger partial charge in [0.15, 0.2) is 0 Å². The van der Waals surface area contributed by atoms with Crippen molar-refractivity contribution in [3.8, 4) is 0 Å². The molecule has 1 aliphatic carbocycles. The molecular weight excluding hydrogens is 284 g/mol. The Balaban J connectivity index is 1.85. The van der Waals surface area contributed by atoms with Crippen molar-refractivity contribution in [3.63, 3.8) is 0 Å². The van der Waals surface area contributed by atoms with E-state index in [1.165, 1.54) is 25.7 Å². The summed E-state index contributed by atoms with van der Waals surface area (Å²) in [5.74, 6) is 0.612. The van der Waals surface area contributed by atoms with E-state index >= 15 is 0 Å². The first-order chi connectivity index (χ1) is 9.03. The molecule has 0 spiro atoms. The van der Waals surface area contributed by atoms with Gasteiger partial charge in [0.05, 0.1) is 5.75 Å². The Bertz CT molecular complexity index is 374. The largest absolute Gasteiger partial charge is 0.298 e. The third-order valence-corrected chi connectivity index (χ3v) is 6.94. The van der Waals surface area contributed by atoms with Gasteiger partial charge in [0.1, 0.15) is 0 Å². The zero-order valence-corrected chi connectivity index (χ0v) is 13.3. The SMILES string of the molecule is CC(CCl)CS(=O)(=O)N1CCN(C2CCCC2)CC1. The number of sulfonamides is 1. The summed E-state index contributed by atoms with van der Waals surface area (Å²) in [4.78, 5) is 2.48. The highest BCUT2D eigenvalue weighted by Gasteiger charge is 2.31. The number of alkyl halides is 1. The molecule has 0 radical (unpaired) electrons. The summed E-state index contributed by atoms with van der Waals surface area (Å²) >= 11 is 5.72. The molecule has 1 atom stereocenters. The van der Waals surface area contributed by atoms with E-state index < -0.39 is 10.0 Å². The maximum absolute atomic E-state index is 12.2. The van der Waals surface area contributed by atoms with Gasteiger partial charge < -0.3 is 0 Å². The van der Waals surface area contributed by atoms with Gasteiger partial charge in [-0.2, -0.15) is 4.31 Å². The molecule has 0 aromatic heterocycles. The third-order valence-electron chi connectivity index (χ3n) is 4.27. The van der Waals surface area contributed by atoms with Crippen LogP contribution in [0.3, 0.4) is 0 Å². The molecule has 1 saturated heterocycles. The van der Waals surface area contributed by atoms with Crippen molar-refractivity contribution < 1.29 is 8.42 Å². The summed E-state index contributed by atoms with van der Waals surface area (Å²) in [6.45, 7) is 4.96. The topological polar surface area (TPSA) is 40.6 Å². The molecule has 1 aliphatic heterocycles. The molecule has 1 saturated carbocycles. The van der Waals surface area contributed by atoms with E-state index in [4.69, 9.17) is 11.6 Å². The standard InChI is InChI=1S/C13H25ClN2O2S/c1-12(10-14)11-19(17,18)16-8-6-15(7-9-16)13-4-2-3-5-13/h12-13H,2-11H2,1H3. The molecule has 0 aromatic carbocycles. The second kappa shape index (κ2) is 6.74. The molecule has 0 amide bonds. The van der Waals surface area contributed by atoms with Gasteiger partial charge in [-0.25, -0.2) is 8.42 Å². The summed E-state index contributed by atoms with van der Waals surface area (Å²) in [6, 6.07) is 0.701. The van der Waals surface area contributed by atoms with E-state index in [1.54, 1.807) is 4.31 Å². The average molecular weight is 309 g/mol. The minimum atomic E-state index is -3.12. The first-order valence-corrected chi connectivity index (χ1v) is 9.45. The zero-order valence-electron chi connectivity index (χ0n) is 11.7. The van der Waals surface area contributed by atoms with Crippen molar-refractivity contribution in [3.05, 3.63) is 0 Å². The van der Waals surface area contributed by atoms with Crippen molar-refractivity contribution in [1.29, 1.82) is 0 Å². The lowest BCUT2D eigenvalue weighted by Gasteiger charge is -2.37. The Kier molecular flexibility index (Phi) is 5.52. The van der Waals surface area contributed by atoms with Crippen LogP contribution in [0.5, 0.6) is 0 Å². The fourth-order valence-corrected chi connectivity index (χ4v) is 5.13. The van der Waals surface area contributed by atoms with Crippen LogP contribution in [0.15, 0.2) is 0 Å². The third kappa shape index (κ3) is 4.06. The fourth-order valence-electron chi connectivity index (χ4n) is 3.13. The van der Waals surface area contributed by atoms with Crippen LogP contribution < -0.4 is 0 Å². The minimum absolute atomic E-state index is 0.0273. The molecule has 112 valence electrons. The van der Waals surface area contributed by atoms with E-state index in [-0.39, 0.29) is 11.7 Å². The number of hydrogen-bond acceptors (Lipinski definition) is 3. The van der Waals surface area contributed by atoms with E-state index in [1.807, 2.05) is 6.92 Å². The van der Waals surface area contributed by atoms with Gasteiger partial charge in [0.2, 0.25) is 10.0 Å². The number of nitrogens with zero attached hydrogens (tertiary/aromatic N) is 2. The fraction of sp³-hybridized carbons (Fsp3) is 1.00. The first kappa shape index (κ1) is 15.5. The maximum atomic E-state index is 12.2. The summed E-state index contributed by atoms with van der Waals surface area (Å²) in [5.41, 5.74) is 0. The molecule has 2 aliphatic rings. The van der Waals surface area contributed by atoms with Crippen LogP contribution in [0.25, 0.3) is 0 Å². The van der Waals surface area contributed by atoms with Gasteiger partial charge in [0.25, 0.3) is 0 Å². The highest BCUT2D eigenvalue weighted by Crippen LogP contribution is 2.25. The van der Waals surface area contributed by atoms with Crippen LogP contribution in [-0.2, 0) is 10.0 Å². The van der Waals surface area contributed by atoms with Crippen LogP contribution in [0, 0.1) is 5.92 Å². The van der Waals surface area contributed by atoms with Gasteiger partial charge in [-0.15, -0.1) is 11.6 Å². The van der Waals surface area contributed by atoms with E-state index in [0.717, 1.165) is 13.1 Å². The average Bonchev–Trinajstić information content (AvgIpc) is 2.92.